The number of nitrogens with two attached hydrogens (primary N) is 1. The fourth-order valence-corrected chi connectivity index (χ4v) is 8.87. The van der Waals surface area contributed by atoms with Crippen LogP contribution in [0.15, 0.2) is 18.2 Å². The van der Waals surface area contributed by atoms with Crippen LogP contribution in [0.5, 0.6) is 5.75 Å². The summed E-state index contributed by atoms with van der Waals surface area (Å²) in [6.45, 7) is 9.19. The first-order valence-corrected chi connectivity index (χ1v) is 14.5. The number of fused-ring (bicyclic) bond motifs is 5. The third kappa shape index (κ3) is 4.50. The maximum absolute atomic E-state index is 10.2. The Hall–Kier alpha value is -1.54. The summed E-state index contributed by atoms with van der Waals surface area (Å²) < 4.78 is 7.23. The number of aliphatic hydroxyl groups excluding tert-OH is 1. The molecule has 2 aliphatic heterocycles. The van der Waals surface area contributed by atoms with Crippen molar-refractivity contribution in [1.29, 1.82) is 0 Å². The van der Waals surface area contributed by atoms with Crippen LogP contribution in [0.1, 0.15) is 90.2 Å². The first-order valence-electron chi connectivity index (χ1n) is 14.5. The molecule has 5 aliphatic rings. The molecule has 1 aromatic rings. The SMILES string of the molecule is CC(C)CC[C@@H]1C[C@H]2Cc3ccc(O)cc3CC#C[C@H]3[C@](N)(CCO)[C@H]4CC[C@@]3(OC4(C)C)[C@H](C1)C2. The second-order valence-electron chi connectivity index (χ2n) is 13.5. The van der Waals surface area contributed by atoms with Crippen molar-refractivity contribution in [2.24, 2.45) is 41.2 Å². The number of hydrogen-bond donors (Lipinski definition) is 3. The van der Waals surface area contributed by atoms with E-state index < -0.39 is 5.54 Å². The zero-order valence-corrected chi connectivity index (χ0v) is 22.9. The smallest absolute Gasteiger partial charge is 0.115 e. The highest BCUT2D eigenvalue weighted by Crippen LogP contribution is 2.62. The molecule has 4 bridgehead atoms. The highest BCUT2D eigenvalue weighted by molar-refractivity contribution is 5.39. The van der Waals surface area contributed by atoms with Crippen molar-refractivity contribution in [2.45, 2.75) is 109 Å². The van der Waals surface area contributed by atoms with E-state index in [1.807, 2.05) is 12.1 Å². The fraction of sp³-hybridized carbons (Fsp3) is 0.750. The van der Waals surface area contributed by atoms with Crippen molar-refractivity contribution in [2.75, 3.05) is 6.61 Å². The Morgan fingerprint density at radius 2 is 1.97 bits per heavy atom. The van der Waals surface area contributed by atoms with Gasteiger partial charge in [-0.2, -0.15) is 0 Å². The third-order valence-corrected chi connectivity index (χ3v) is 10.3. The minimum Gasteiger partial charge on any atom is -0.508 e. The molecule has 7 atom stereocenters. The molecule has 0 unspecified atom stereocenters. The summed E-state index contributed by atoms with van der Waals surface area (Å²) in [6, 6.07) is 5.86. The second-order valence-corrected chi connectivity index (χ2v) is 13.5. The van der Waals surface area contributed by atoms with E-state index in [9.17, 15) is 10.2 Å². The minimum absolute atomic E-state index is 0.0817. The number of benzene rings is 1. The summed E-state index contributed by atoms with van der Waals surface area (Å²) in [6.07, 6.45) is 10.4. The molecule has 2 heterocycles. The van der Waals surface area contributed by atoms with Gasteiger partial charge in [0.25, 0.3) is 0 Å². The number of aliphatic hydroxyl groups is 1. The molecule has 0 amide bonds. The van der Waals surface area contributed by atoms with Gasteiger partial charge in [-0.15, -0.1) is 0 Å². The van der Waals surface area contributed by atoms with Crippen molar-refractivity contribution in [3.05, 3.63) is 29.3 Å². The van der Waals surface area contributed by atoms with Gasteiger partial charge >= 0.3 is 0 Å². The molecular weight excluding hydrogens is 446 g/mol. The standard InChI is InChI=1S/C32H47NO3/c1-21(2)8-9-22-16-23-17-25-10-11-27(35)20-24(25)6-5-7-29-31(33,14-15-34)28-12-13-32(29,26(18-22)19-23)36-30(28,3)4/h10-11,20-23,26,28-29,34-35H,6,8-9,12-19,33H2,1-4H3/t22-,23+,26-,28+,29+,31+,32-/m1/s1. The lowest BCUT2D eigenvalue weighted by Gasteiger charge is -2.68. The predicted octanol–water partition coefficient (Wildman–Crippen LogP) is 5.62. The van der Waals surface area contributed by atoms with Crippen LogP contribution in [0.2, 0.25) is 0 Å². The number of phenols is 1. The highest BCUT2D eigenvalue weighted by atomic mass is 16.5. The molecule has 4 N–H and O–H groups in total. The molecule has 4 fully saturated rings. The van der Waals surface area contributed by atoms with Crippen LogP contribution in [0.3, 0.4) is 0 Å². The van der Waals surface area contributed by atoms with Gasteiger partial charge < -0.3 is 20.7 Å². The van der Waals surface area contributed by atoms with Gasteiger partial charge in [0.2, 0.25) is 0 Å². The van der Waals surface area contributed by atoms with Crippen LogP contribution in [-0.2, 0) is 17.6 Å². The van der Waals surface area contributed by atoms with Crippen molar-refractivity contribution in [1.82, 2.24) is 0 Å². The second kappa shape index (κ2) is 9.64. The average molecular weight is 494 g/mol. The molecule has 0 aromatic heterocycles. The number of hydrogen-bond acceptors (Lipinski definition) is 4. The van der Waals surface area contributed by atoms with Gasteiger partial charge in [-0.25, -0.2) is 0 Å². The molecule has 2 saturated heterocycles. The largest absolute Gasteiger partial charge is 0.508 e. The Bertz CT molecular complexity index is 1020. The van der Waals surface area contributed by atoms with Crippen LogP contribution in [0, 0.1) is 47.3 Å². The van der Waals surface area contributed by atoms with E-state index in [0.717, 1.165) is 31.2 Å². The first-order chi connectivity index (χ1) is 17.1. The predicted molar refractivity (Wildman–Crippen MR) is 144 cm³/mol. The zero-order chi connectivity index (χ0) is 25.7. The van der Waals surface area contributed by atoms with E-state index in [1.54, 1.807) is 0 Å². The summed E-state index contributed by atoms with van der Waals surface area (Å²) in [5.41, 5.74) is 8.60. The van der Waals surface area contributed by atoms with E-state index in [1.165, 1.54) is 31.2 Å². The van der Waals surface area contributed by atoms with E-state index in [-0.39, 0.29) is 29.6 Å². The molecule has 1 aromatic carbocycles. The molecule has 1 spiro atoms. The van der Waals surface area contributed by atoms with Crippen LogP contribution in [-0.4, -0.2) is 33.6 Å². The average Bonchev–Trinajstić information content (AvgIpc) is 2.81. The van der Waals surface area contributed by atoms with Crippen molar-refractivity contribution in [3.8, 4) is 17.6 Å². The topological polar surface area (TPSA) is 75.7 Å². The van der Waals surface area contributed by atoms with E-state index >= 15 is 0 Å². The molecular formula is C32H47NO3. The Kier molecular flexibility index (Phi) is 6.99. The number of aromatic hydroxyl groups is 1. The van der Waals surface area contributed by atoms with E-state index in [0.29, 0.717) is 42.3 Å². The van der Waals surface area contributed by atoms with Gasteiger partial charge in [0.15, 0.2) is 0 Å². The molecule has 6 rings (SSSR count). The molecule has 198 valence electrons. The van der Waals surface area contributed by atoms with Crippen molar-refractivity contribution >= 4 is 0 Å². The highest BCUT2D eigenvalue weighted by Gasteiger charge is 2.68. The first kappa shape index (κ1) is 26.1. The summed E-state index contributed by atoms with van der Waals surface area (Å²) in [7, 11) is 0. The maximum Gasteiger partial charge on any atom is 0.115 e. The van der Waals surface area contributed by atoms with Gasteiger partial charge in [0, 0.05) is 24.5 Å². The number of ether oxygens (including phenoxy) is 1. The van der Waals surface area contributed by atoms with Crippen molar-refractivity contribution in [3.63, 3.8) is 0 Å². The molecule has 3 aliphatic carbocycles. The van der Waals surface area contributed by atoms with Crippen LogP contribution in [0.4, 0.5) is 0 Å². The maximum atomic E-state index is 10.2. The van der Waals surface area contributed by atoms with E-state index in [4.69, 9.17) is 10.5 Å². The van der Waals surface area contributed by atoms with Crippen LogP contribution >= 0.6 is 0 Å². The third-order valence-electron chi connectivity index (χ3n) is 10.3. The van der Waals surface area contributed by atoms with Crippen molar-refractivity contribution < 1.29 is 14.9 Å². The minimum atomic E-state index is -0.558. The number of rotatable bonds is 5. The van der Waals surface area contributed by atoms with Gasteiger partial charge in [0.1, 0.15) is 5.75 Å². The Labute approximate surface area is 218 Å². The Morgan fingerprint density at radius 1 is 1.17 bits per heavy atom. The molecule has 36 heavy (non-hydrogen) atoms. The Morgan fingerprint density at radius 3 is 2.69 bits per heavy atom. The van der Waals surface area contributed by atoms with Crippen LogP contribution in [0.25, 0.3) is 0 Å². The molecule has 0 radical (unpaired) electrons. The molecule has 4 nitrogen and oxygen atoms in total. The lowest BCUT2D eigenvalue weighted by molar-refractivity contribution is -0.307. The summed E-state index contributed by atoms with van der Waals surface area (Å²) in [5.74, 6) is 10.0. The van der Waals surface area contributed by atoms with E-state index in [2.05, 4.69) is 45.6 Å². The van der Waals surface area contributed by atoms with Gasteiger partial charge in [-0.05, 0) is 106 Å². The fourth-order valence-electron chi connectivity index (χ4n) is 8.87. The Balaban J connectivity index is 1.62. The molecule has 4 heteroatoms. The summed E-state index contributed by atoms with van der Waals surface area (Å²) in [4.78, 5) is 0. The molecule has 2 saturated carbocycles. The summed E-state index contributed by atoms with van der Waals surface area (Å²) in [5, 5.41) is 20.4. The normalized spacial score (nSPS) is 38.9. The lowest BCUT2D eigenvalue weighted by atomic mass is 9.48. The van der Waals surface area contributed by atoms with Gasteiger partial charge in [-0.1, -0.05) is 44.6 Å². The summed E-state index contributed by atoms with van der Waals surface area (Å²) >= 11 is 0. The van der Waals surface area contributed by atoms with Crippen LogP contribution < -0.4 is 5.73 Å². The zero-order valence-electron chi connectivity index (χ0n) is 22.9. The monoisotopic (exact) mass is 493 g/mol. The number of phenolic OH excluding ortho intramolecular Hbond substituents is 1. The lowest BCUT2D eigenvalue weighted by Crippen LogP contribution is -2.77. The van der Waals surface area contributed by atoms with Gasteiger partial charge in [-0.3, -0.25) is 0 Å². The quantitative estimate of drug-likeness (QED) is 0.466. The van der Waals surface area contributed by atoms with Gasteiger partial charge in [0.05, 0.1) is 17.1 Å².